The minimum absolute atomic E-state index is 0.338. The van der Waals surface area contributed by atoms with Crippen molar-refractivity contribution in [1.82, 2.24) is 19.5 Å². The summed E-state index contributed by atoms with van der Waals surface area (Å²) in [6.45, 7) is 0. The summed E-state index contributed by atoms with van der Waals surface area (Å²) in [6.07, 6.45) is 4.49. The fraction of sp³-hybridized carbons (Fsp3) is 0.312. The Morgan fingerprint density at radius 2 is 1.95 bits per heavy atom. The lowest BCUT2D eigenvalue weighted by molar-refractivity contribution is 0.686. The number of nitrogens with one attached hydrogen (secondary N) is 2. The van der Waals surface area contributed by atoms with Gasteiger partial charge < -0.3 is 4.98 Å². The van der Waals surface area contributed by atoms with Crippen LogP contribution in [0.15, 0.2) is 27.8 Å². The molecule has 0 fully saturated rings. The quantitative estimate of drug-likeness (QED) is 0.713. The molecule has 3 aromatic rings. The van der Waals surface area contributed by atoms with Gasteiger partial charge in [-0.15, -0.1) is 0 Å². The van der Waals surface area contributed by atoms with E-state index < -0.39 is 11.2 Å². The fourth-order valence-electron chi connectivity index (χ4n) is 3.24. The second-order valence-corrected chi connectivity index (χ2v) is 5.75. The lowest BCUT2D eigenvalue weighted by Crippen LogP contribution is -2.28. The SMILES string of the molecule is Cn1c(=O)[nH]c(=O)c2[nH]c(-c3cccc4c3CCCC4)nc21. The standard InChI is InChI=1S/C16H16N4O2/c1-20-14-12(15(21)19-16(20)22)17-13(18-14)11-8-4-6-9-5-2-3-7-10(9)11/h4,6,8H,2-3,5,7H2,1H3,(H,17,18)(H,19,21,22). The summed E-state index contributed by atoms with van der Waals surface area (Å²) in [6, 6.07) is 6.20. The van der Waals surface area contributed by atoms with Crippen LogP contribution < -0.4 is 11.2 Å². The number of rotatable bonds is 1. The maximum absolute atomic E-state index is 11.9. The summed E-state index contributed by atoms with van der Waals surface area (Å²) in [5, 5.41) is 0. The molecule has 1 aliphatic carbocycles. The molecule has 0 saturated heterocycles. The van der Waals surface area contributed by atoms with Gasteiger partial charge >= 0.3 is 5.69 Å². The first kappa shape index (κ1) is 13.1. The van der Waals surface area contributed by atoms with Crippen molar-refractivity contribution in [3.8, 4) is 11.4 Å². The first-order valence-corrected chi connectivity index (χ1v) is 7.45. The van der Waals surface area contributed by atoms with Crippen LogP contribution in [0, 0.1) is 0 Å². The van der Waals surface area contributed by atoms with Crippen LogP contribution in [0.2, 0.25) is 0 Å². The zero-order valence-electron chi connectivity index (χ0n) is 12.3. The monoisotopic (exact) mass is 296 g/mol. The number of aromatic amines is 2. The molecule has 0 saturated carbocycles. The Bertz CT molecular complexity index is 994. The molecular weight excluding hydrogens is 280 g/mol. The molecule has 0 atom stereocenters. The van der Waals surface area contributed by atoms with E-state index in [1.807, 2.05) is 12.1 Å². The number of aromatic nitrogens is 4. The van der Waals surface area contributed by atoms with E-state index in [1.165, 1.54) is 28.5 Å². The number of aryl methyl sites for hydroxylation is 2. The van der Waals surface area contributed by atoms with Crippen LogP contribution in [-0.2, 0) is 19.9 Å². The zero-order valence-corrected chi connectivity index (χ0v) is 12.3. The number of hydrogen-bond acceptors (Lipinski definition) is 3. The molecule has 112 valence electrons. The Morgan fingerprint density at radius 1 is 1.14 bits per heavy atom. The summed E-state index contributed by atoms with van der Waals surface area (Å²) in [5.41, 5.74) is 3.52. The van der Waals surface area contributed by atoms with E-state index in [4.69, 9.17) is 0 Å². The number of H-pyrrole nitrogens is 2. The lowest BCUT2D eigenvalue weighted by Gasteiger charge is -2.18. The van der Waals surface area contributed by atoms with Crippen LogP contribution in [0.4, 0.5) is 0 Å². The molecule has 4 rings (SSSR count). The van der Waals surface area contributed by atoms with Crippen LogP contribution in [0.3, 0.4) is 0 Å². The van der Waals surface area contributed by atoms with Crippen LogP contribution in [0.5, 0.6) is 0 Å². The summed E-state index contributed by atoms with van der Waals surface area (Å²) < 4.78 is 1.35. The largest absolute Gasteiger partial charge is 0.332 e. The van der Waals surface area contributed by atoms with Gasteiger partial charge in [-0.2, -0.15) is 0 Å². The highest BCUT2D eigenvalue weighted by molar-refractivity contribution is 5.76. The predicted molar refractivity (Wildman–Crippen MR) is 84.0 cm³/mol. The summed E-state index contributed by atoms with van der Waals surface area (Å²) >= 11 is 0. The smallest absolute Gasteiger partial charge is 0.329 e. The van der Waals surface area contributed by atoms with Gasteiger partial charge in [0.05, 0.1) is 0 Å². The van der Waals surface area contributed by atoms with Gasteiger partial charge in [0.2, 0.25) is 0 Å². The van der Waals surface area contributed by atoms with Gasteiger partial charge in [0.15, 0.2) is 5.65 Å². The topological polar surface area (TPSA) is 83.5 Å². The van der Waals surface area contributed by atoms with Gasteiger partial charge in [0, 0.05) is 12.6 Å². The summed E-state index contributed by atoms with van der Waals surface area (Å²) in [5.74, 6) is 0.653. The highest BCUT2D eigenvalue weighted by atomic mass is 16.2. The minimum Gasteiger partial charge on any atom is -0.332 e. The molecule has 2 aromatic heterocycles. The lowest BCUT2D eigenvalue weighted by atomic mass is 9.88. The summed E-state index contributed by atoms with van der Waals surface area (Å²) in [7, 11) is 1.60. The molecule has 2 N–H and O–H groups in total. The Balaban J connectivity index is 2.00. The van der Waals surface area contributed by atoms with E-state index in [0.717, 1.165) is 18.4 Å². The molecule has 2 heterocycles. The number of imidazole rings is 1. The molecule has 1 aromatic carbocycles. The van der Waals surface area contributed by atoms with Gasteiger partial charge in [-0.1, -0.05) is 18.2 Å². The maximum atomic E-state index is 11.9. The third-order valence-corrected chi connectivity index (χ3v) is 4.41. The van der Waals surface area contributed by atoms with E-state index in [-0.39, 0.29) is 0 Å². The van der Waals surface area contributed by atoms with Crippen molar-refractivity contribution in [2.75, 3.05) is 0 Å². The molecule has 1 aliphatic rings. The van der Waals surface area contributed by atoms with Crippen LogP contribution >= 0.6 is 0 Å². The third kappa shape index (κ3) is 1.83. The van der Waals surface area contributed by atoms with Crippen molar-refractivity contribution >= 4 is 11.2 Å². The van der Waals surface area contributed by atoms with Crippen molar-refractivity contribution < 1.29 is 0 Å². The van der Waals surface area contributed by atoms with Gasteiger partial charge in [-0.3, -0.25) is 14.3 Å². The van der Waals surface area contributed by atoms with Crippen LogP contribution in [-0.4, -0.2) is 19.5 Å². The second kappa shape index (κ2) is 4.69. The zero-order chi connectivity index (χ0) is 15.3. The first-order chi connectivity index (χ1) is 10.6. The molecule has 0 amide bonds. The molecule has 0 aliphatic heterocycles. The fourth-order valence-corrected chi connectivity index (χ4v) is 3.24. The van der Waals surface area contributed by atoms with Crippen molar-refractivity contribution in [2.45, 2.75) is 25.7 Å². The third-order valence-electron chi connectivity index (χ3n) is 4.41. The molecule has 0 unspecified atom stereocenters. The average molecular weight is 296 g/mol. The molecule has 6 nitrogen and oxygen atoms in total. The Morgan fingerprint density at radius 3 is 2.82 bits per heavy atom. The minimum atomic E-state index is -0.453. The Kier molecular flexibility index (Phi) is 2.79. The predicted octanol–water partition coefficient (Wildman–Crippen LogP) is 1.50. The number of benzene rings is 1. The van der Waals surface area contributed by atoms with E-state index >= 15 is 0 Å². The van der Waals surface area contributed by atoms with Crippen LogP contribution in [0.1, 0.15) is 24.0 Å². The maximum Gasteiger partial charge on any atom is 0.329 e. The highest BCUT2D eigenvalue weighted by Crippen LogP contribution is 2.30. The molecule has 22 heavy (non-hydrogen) atoms. The Hall–Kier alpha value is -2.63. The van der Waals surface area contributed by atoms with E-state index in [1.54, 1.807) is 7.05 Å². The van der Waals surface area contributed by atoms with Crippen molar-refractivity contribution in [1.29, 1.82) is 0 Å². The Labute approximate surface area is 125 Å². The summed E-state index contributed by atoms with van der Waals surface area (Å²) in [4.78, 5) is 33.5. The van der Waals surface area contributed by atoms with E-state index in [2.05, 4.69) is 21.0 Å². The second-order valence-electron chi connectivity index (χ2n) is 5.75. The van der Waals surface area contributed by atoms with Crippen molar-refractivity contribution in [3.05, 3.63) is 50.2 Å². The number of hydrogen-bond donors (Lipinski definition) is 2. The average Bonchev–Trinajstić information content (AvgIpc) is 2.98. The molecule has 0 bridgehead atoms. The first-order valence-electron chi connectivity index (χ1n) is 7.45. The van der Waals surface area contributed by atoms with Crippen LogP contribution in [0.25, 0.3) is 22.6 Å². The van der Waals surface area contributed by atoms with Gasteiger partial charge in [0.1, 0.15) is 11.3 Å². The van der Waals surface area contributed by atoms with Gasteiger partial charge in [-0.05, 0) is 36.8 Å². The molecule has 0 spiro atoms. The molecule has 0 radical (unpaired) electrons. The normalized spacial score (nSPS) is 14.2. The van der Waals surface area contributed by atoms with Crippen molar-refractivity contribution in [2.24, 2.45) is 7.05 Å². The number of nitrogens with zero attached hydrogens (tertiary/aromatic N) is 2. The van der Waals surface area contributed by atoms with Gasteiger partial charge in [-0.25, -0.2) is 9.78 Å². The highest BCUT2D eigenvalue weighted by Gasteiger charge is 2.18. The van der Waals surface area contributed by atoms with Crippen molar-refractivity contribution in [3.63, 3.8) is 0 Å². The van der Waals surface area contributed by atoms with E-state index in [0.29, 0.717) is 17.0 Å². The van der Waals surface area contributed by atoms with E-state index in [9.17, 15) is 9.59 Å². The van der Waals surface area contributed by atoms with Gasteiger partial charge in [0.25, 0.3) is 5.56 Å². The number of fused-ring (bicyclic) bond motifs is 2. The molecule has 6 heteroatoms. The molecular formula is C16H16N4O2.